The summed E-state index contributed by atoms with van der Waals surface area (Å²) in [4.78, 5) is 11.5. The van der Waals surface area contributed by atoms with Crippen molar-refractivity contribution in [2.75, 3.05) is 0 Å². The highest BCUT2D eigenvalue weighted by Gasteiger charge is 2.65. The Balaban J connectivity index is 1.84. The first-order valence-corrected chi connectivity index (χ1v) is 5.43. The third-order valence-corrected chi connectivity index (χ3v) is 4.21. The zero-order valence-electron chi connectivity index (χ0n) is 9.48. The first-order chi connectivity index (χ1) is 6.35. The topological polar surface area (TPSA) is 41.1 Å². The second kappa shape index (κ2) is 2.65. The molecule has 0 aromatic carbocycles. The molecule has 2 amide bonds. The lowest BCUT2D eigenvalue weighted by atomic mass is 10.0. The van der Waals surface area contributed by atoms with Gasteiger partial charge in [-0.25, -0.2) is 4.79 Å². The summed E-state index contributed by atoms with van der Waals surface area (Å²) in [7, 11) is 0. The van der Waals surface area contributed by atoms with Gasteiger partial charge in [0.05, 0.1) is 0 Å². The van der Waals surface area contributed by atoms with E-state index in [-0.39, 0.29) is 16.9 Å². The maximum Gasteiger partial charge on any atom is 0.315 e. The minimum absolute atomic E-state index is 0.0103. The van der Waals surface area contributed by atoms with Gasteiger partial charge in [-0.2, -0.15) is 0 Å². The van der Waals surface area contributed by atoms with Gasteiger partial charge < -0.3 is 10.6 Å². The molecule has 2 fully saturated rings. The standard InChI is InChI=1S/C11H20N2O/c1-10(2)8(11(10,3)4)13-9(14)12-7-5-6-7/h7-8H,5-6H2,1-4H3,(H2,12,13,14). The average molecular weight is 196 g/mol. The van der Waals surface area contributed by atoms with E-state index in [9.17, 15) is 4.79 Å². The van der Waals surface area contributed by atoms with Crippen LogP contribution in [0.2, 0.25) is 0 Å². The number of urea groups is 1. The molecule has 0 heterocycles. The van der Waals surface area contributed by atoms with Crippen LogP contribution in [-0.4, -0.2) is 18.1 Å². The second-order valence-electron chi connectivity index (χ2n) is 5.77. The molecular formula is C11H20N2O. The molecule has 0 radical (unpaired) electrons. The van der Waals surface area contributed by atoms with E-state index in [1.54, 1.807) is 0 Å². The van der Waals surface area contributed by atoms with E-state index in [0.717, 1.165) is 12.8 Å². The Morgan fingerprint density at radius 2 is 1.57 bits per heavy atom. The van der Waals surface area contributed by atoms with Crippen molar-refractivity contribution in [3.05, 3.63) is 0 Å². The Labute approximate surface area is 85.6 Å². The van der Waals surface area contributed by atoms with Crippen LogP contribution in [0.25, 0.3) is 0 Å². The van der Waals surface area contributed by atoms with Crippen LogP contribution in [0.1, 0.15) is 40.5 Å². The summed E-state index contributed by atoms with van der Waals surface area (Å²) >= 11 is 0. The minimum Gasteiger partial charge on any atom is -0.335 e. The Morgan fingerprint density at radius 3 is 1.93 bits per heavy atom. The number of amides is 2. The van der Waals surface area contributed by atoms with Crippen molar-refractivity contribution in [3.8, 4) is 0 Å². The molecule has 0 aliphatic heterocycles. The van der Waals surface area contributed by atoms with Crippen molar-refractivity contribution in [2.24, 2.45) is 10.8 Å². The van der Waals surface area contributed by atoms with Crippen LogP contribution in [0, 0.1) is 10.8 Å². The lowest BCUT2D eigenvalue weighted by molar-refractivity contribution is 0.238. The van der Waals surface area contributed by atoms with Crippen LogP contribution in [-0.2, 0) is 0 Å². The molecule has 0 spiro atoms. The second-order valence-corrected chi connectivity index (χ2v) is 5.77. The summed E-state index contributed by atoms with van der Waals surface area (Å²) in [5, 5.41) is 6.01. The number of hydrogen-bond acceptors (Lipinski definition) is 1. The van der Waals surface area contributed by atoms with Gasteiger partial charge in [-0.3, -0.25) is 0 Å². The SMILES string of the molecule is CC1(C)C(NC(=O)NC2CC2)C1(C)C. The monoisotopic (exact) mass is 196 g/mol. The van der Waals surface area contributed by atoms with Gasteiger partial charge in [0.15, 0.2) is 0 Å². The molecule has 2 N–H and O–H groups in total. The van der Waals surface area contributed by atoms with Crippen molar-refractivity contribution >= 4 is 6.03 Å². The molecule has 0 aromatic heterocycles. The van der Waals surface area contributed by atoms with Gasteiger partial charge >= 0.3 is 6.03 Å². The number of carbonyl (C=O) groups is 1. The summed E-state index contributed by atoms with van der Waals surface area (Å²) in [6.07, 6.45) is 2.29. The van der Waals surface area contributed by atoms with Crippen LogP contribution in [0.3, 0.4) is 0 Å². The first kappa shape index (κ1) is 9.81. The third kappa shape index (κ3) is 1.39. The highest BCUT2D eigenvalue weighted by molar-refractivity contribution is 5.75. The van der Waals surface area contributed by atoms with Crippen molar-refractivity contribution < 1.29 is 4.79 Å². The molecule has 2 aliphatic rings. The predicted molar refractivity (Wildman–Crippen MR) is 56.0 cm³/mol. The zero-order valence-corrected chi connectivity index (χ0v) is 9.48. The Bertz CT molecular complexity index is 252. The summed E-state index contributed by atoms with van der Waals surface area (Å²) in [5.74, 6) is 0. The molecule has 14 heavy (non-hydrogen) atoms. The summed E-state index contributed by atoms with van der Waals surface area (Å²) in [5.41, 5.74) is 0.460. The number of rotatable bonds is 2. The zero-order chi connectivity index (χ0) is 10.6. The van der Waals surface area contributed by atoms with E-state index < -0.39 is 0 Å². The van der Waals surface area contributed by atoms with Crippen molar-refractivity contribution in [1.82, 2.24) is 10.6 Å². The molecule has 3 nitrogen and oxygen atoms in total. The predicted octanol–water partition coefficient (Wildman–Crippen LogP) is 1.88. The van der Waals surface area contributed by atoms with Gasteiger partial charge in [0.1, 0.15) is 0 Å². The van der Waals surface area contributed by atoms with E-state index in [0.29, 0.717) is 12.1 Å². The lowest BCUT2D eigenvalue weighted by Crippen LogP contribution is -2.40. The van der Waals surface area contributed by atoms with E-state index >= 15 is 0 Å². The fourth-order valence-electron chi connectivity index (χ4n) is 2.14. The molecule has 0 aromatic rings. The fraction of sp³-hybridized carbons (Fsp3) is 0.909. The van der Waals surface area contributed by atoms with Crippen LogP contribution in [0.15, 0.2) is 0 Å². The molecule has 3 heteroatoms. The van der Waals surface area contributed by atoms with E-state index in [1.807, 2.05) is 0 Å². The van der Waals surface area contributed by atoms with Gasteiger partial charge in [0, 0.05) is 12.1 Å². The van der Waals surface area contributed by atoms with Crippen molar-refractivity contribution in [3.63, 3.8) is 0 Å². The maximum absolute atomic E-state index is 11.5. The lowest BCUT2D eigenvalue weighted by Gasteiger charge is -2.07. The van der Waals surface area contributed by atoms with Crippen molar-refractivity contribution in [2.45, 2.75) is 52.6 Å². The fourth-order valence-corrected chi connectivity index (χ4v) is 2.14. The van der Waals surface area contributed by atoms with Crippen LogP contribution in [0.4, 0.5) is 4.79 Å². The molecule has 0 atom stereocenters. The van der Waals surface area contributed by atoms with E-state index in [4.69, 9.17) is 0 Å². The molecule has 0 saturated heterocycles. The van der Waals surface area contributed by atoms with Crippen molar-refractivity contribution in [1.29, 1.82) is 0 Å². The van der Waals surface area contributed by atoms with Crippen LogP contribution >= 0.6 is 0 Å². The minimum atomic E-state index is 0.0103. The highest BCUT2D eigenvalue weighted by atomic mass is 16.2. The van der Waals surface area contributed by atoms with Gasteiger partial charge in [-0.15, -0.1) is 0 Å². The quantitative estimate of drug-likeness (QED) is 0.695. The van der Waals surface area contributed by atoms with Gasteiger partial charge in [0.2, 0.25) is 0 Å². The van der Waals surface area contributed by atoms with Gasteiger partial charge in [0.25, 0.3) is 0 Å². The summed E-state index contributed by atoms with van der Waals surface area (Å²) < 4.78 is 0. The molecule has 80 valence electrons. The number of carbonyl (C=O) groups excluding carboxylic acids is 1. The van der Waals surface area contributed by atoms with Gasteiger partial charge in [-0.1, -0.05) is 27.7 Å². The third-order valence-electron chi connectivity index (χ3n) is 4.21. The van der Waals surface area contributed by atoms with Crippen LogP contribution in [0.5, 0.6) is 0 Å². The maximum atomic E-state index is 11.5. The van der Waals surface area contributed by atoms with Crippen LogP contribution < -0.4 is 10.6 Å². The molecule has 0 bridgehead atoms. The number of hydrogen-bond donors (Lipinski definition) is 2. The Kier molecular flexibility index (Phi) is 1.85. The molecular weight excluding hydrogens is 176 g/mol. The molecule has 2 rings (SSSR count). The Morgan fingerprint density at radius 1 is 1.07 bits per heavy atom. The Hall–Kier alpha value is -0.730. The molecule has 2 saturated carbocycles. The largest absolute Gasteiger partial charge is 0.335 e. The van der Waals surface area contributed by atoms with E-state index in [2.05, 4.69) is 38.3 Å². The van der Waals surface area contributed by atoms with E-state index in [1.165, 1.54) is 0 Å². The molecule has 2 aliphatic carbocycles. The average Bonchev–Trinajstić information content (AvgIpc) is 2.89. The summed E-state index contributed by atoms with van der Waals surface area (Å²) in [6, 6.07) is 0.768. The highest BCUT2D eigenvalue weighted by Crippen LogP contribution is 2.62. The smallest absolute Gasteiger partial charge is 0.315 e. The normalized spacial score (nSPS) is 28.3. The number of nitrogens with one attached hydrogen (secondary N) is 2. The van der Waals surface area contributed by atoms with Gasteiger partial charge in [-0.05, 0) is 23.7 Å². The first-order valence-electron chi connectivity index (χ1n) is 5.43. The molecule has 0 unspecified atom stereocenters. The summed E-state index contributed by atoms with van der Waals surface area (Å²) in [6.45, 7) is 8.81.